The maximum Gasteiger partial charge on any atom is 0.312 e. The van der Waals surface area contributed by atoms with Gasteiger partial charge in [0, 0.05) is 25.3 Å². The quantitative estimate of drug-likeness (QED) is 0.762. The van der Waals surface area contributed by atoms with E-state index >= 15 is 0 Å². The van der Waals surface area contributed by atoms with Crippen LogP contribution < -0.4 is 5.32 Å². The van der Waals surface area contributed by atoms with Gasteiger partial charge in [0.05, 0.1) is 0 Å². The van der Waals surface area contributed by atoms with Crippen LogP contribution in [0.5, 0.6) is 0 Å². The molecule has 0 saturated carbocycles. The Labute approximate surface area is 169 Å². The van der Waals surface area contributed by atoms with E-state index in [1.165, 1.54) is 21.9 Å². The number of benzene rings is 2. The van der Waals surface area contributed by atoms with Crippen molar-refractivity contribution in [2.75, 3.05) is 18.4 Å². The largest absolute Gasteiger partial charge is 0.328 e. The lowest BCUT2D eigenvalue weighted by Crippen LogP contribution is -2.59. The van der Waals surface area contributed by atoms with Crippen LogP contribution in [-0.4, -0.2) is 46.7 Å². The van der Waals surface area contributed by atoms with E-state index in [1.807, 2.05) is 32.0 Å². The fourth-order valence-electron chi connectivity index (χ4n) is 3.44. The fraction of sp³-hybridized carbons (Fsp3) is 0.318. The molecule has 6 nitrogen and oxygen atoms in total. The molecule has 1 aliphatic heterocycles. The van der Waals surface area contributed by atoms with Crippen LogP contribution in [0.15, 0.2) is 48.5 Å². The molecule has 1 fully saturated rings. The Morgan fingerprint density at radius 2 is 1.83 bits per heavy atom. The van der Waals surface area contributed by atoms with Gasteiger partial charge in [-0.05, 0) is 48.7 Å². The average Bonchev–Trinajstić information content (AvgIpc) is 2.69. The number of carbonyl (C=O) groups excluding carboxylic acids is 3. The zero-order valence-electron chi connectivity index (χ0n) is 16.5. The van der Waals surface area contributed by atoms with Crippen molar-refractivity contribution in [3.05, 3.63) is 65.5 Å². The number of aryl methyl sites for hydroxylation is 1. The van der Waals surface area contributed by atoms with Gasteiger partial charge in [-0.25, -0.2) is 4.39 Å². The highest BCUT2D eigenvalue weighted by molar-refractivity contribution is 6.35. The van der Waals surface area contributed by atoms with Gasteiger partial charge in [-0.15, -0.1) is 0 Å². The number of hydrogen-bond acceptors (Lipinski definition) is 3. The number of hydrogen-bond donors (Lipinski definition) is 1. The molecule has 1 aliphatic rings. The van der Waals surface area contributed by atoms with Crippen molar-refractivity contribution < 1.29 is 18.8 Å². The first-order chi connectivity index (χ1) is 13.9. The van der Waals surface area contributed by atoms with Crippen molar-refractivity contribution in [1.29, 1.82) is 0 Å². The van der Waals surface area contributed by atoms with Crippen LogP contribution in [0.3, 0.4) is 0 Å². The van der Waals surface area contributed by atoms with E-state index in [1.54, 1.807) is 18.2 Å². The van der Waals surface area contributed by atoms with E-state index in [0.717, 1.165) is 11.1 Å². The summed E-state index contributed by atoms with van der Waals surface area (Å²) in [5.41, 5.74) is 2.41. The fourth-order valence-corrected chi connectivity index (χ4v) is 3.44. The number of carbonyl (C=O) groups is 3. The Bertz CT molecular complexity index is 914. The molecule has 1 saturated heterocycles. The van der Waals surface area contributed by atoms with Gasteiger partial charge in [-0.3, -0.25) is 14.4 Å². The number of nitrogens with one attached hydrogen (secondary N) is 1. The molecule has 3 amide bonds. The normalized spacial score (nSPS) is 15.4. The zero-order valence-corrected chi connectivity index (χ0v) is 16.5. The van der Waals surface area contributed by atoms with E-state index < -0.39 is 17.9 Å². The first-order valence-corrected chi connectivity index (χ1v) is 9.61. The average molecular weight is 397 g/mol. The highest BCUT2D eigenvalue weighted by atomic mass is 19.1. The van der Waals surface area contributed by atoms with Crippen molar-refractivity contribution in [2.45, 2.75) is 32.9 Å². The maximum atomic E-state index is 13.1. The topological polar surface area (TPSA) is 69.7 Å². The van der Waals surface area contributed by atoms with Gasteiger partial charge in [-0.2, -0.15) is 0 Å². The molecule has 0 aliphatic carbocycles. The van der Waals surface area contributed by atoms with Crippen LogP contribution in [0.4, 0.5) is 10.1 Å². The minimum atomic E-state index is -0.722. The smallest absolute Gasteiger partial charge is 0.312 e. The van der Waals surface area contributed by atoms with Crippen molar-refractivity contribution in [2.24, 2.45) is 0 Å². The number of amides is 3. The van der Waals surface area contributed by atoms with Gasteiger partial charge >= 0.3 is 11.8 Å². The summed E-state index contributed by atoms with van der Waals surface area (Å²) in [6.07, 6.45) is 0.397. The second-order valence-corrected chi connectivity index (χ2v) is 7.13. The molecular weight excluding hydrogens is 373 g/mol. The molecule has 0 unspecified atom stereocenters. The van der Waals surface area contributed by atoms with Gasteiger partial charge in [0.2, 0.25) is 5.91 Å². The summed E-state index contributed by atoms with van der Waals surface area (Å²) < 4.78 is 13.1. The maximum absolute atomic E-state index is 13.1. The molecule has 0 spiro atoms. The second kappa shape index (κ2) is 8.86. The lowest BCUT2D eigenvalue weighted by molar-refractivity contribution is -0.159. The van der Waals surface area contributed by atoms with Gasteiger partial charge in [0.25, 0.3) is 0 Å². The molecule has 1 heterocycles. The zero-order chi connectivity index (χ0) is 21.0. The third-order valence-electron chi connectivity index (χ3n) is 4.98. The van der Waals surface area contributed by atoms with Crippen LogP contribution in [0.25, 0.3) is 0 Å². The van der Waals surface area contributed by atoms with Crippen molar-refractivity contribution in [3.63, 3.8) is 0 Å². The summed E-state index contributed by atoms with van der Waals surface area (Å²) in [4.78, 5) is 40.8. The van der Waals surface area contributed by atoms with Crippen LogP contribution in [0.1, 0.15) is 24.5 Å². The van der Waals surface area contributed by atoms with Gasteiger partial charge in [-0.1, -0.05) is 31.2 Å². The Kier molecular flexibility index (Phi) is 6.26. The molecule has 3 rings (SSSR count). The Balaban J connectivity index is 1.67. The molecule has 0 aromatic heterocycles. The van der Waals surface area contributed by atoms with Crippen LogP contribution >= 0.6 is 0 Å². The van der Waals surface area contributed by atoms with Gasteiger partial charge in [0.15, 0.2) is 0 Å². The number of anilines is 1. The molecule has 0 bridgehead atoms. The minimum absolute atomic E-state index is 0.227. The molecule has 2 aromatic carbocycles. The summed E-state index contributed by atoms with van der Waals surface area (Å²) in [7, 11) is 0. The van der Waals surface area contributed by atoms with Crippen LogP contribution in [0, 0.1) is 12.7 Å². The van der Waals surface area contributed by atoms with E-state index in [4.69, 9.17) is 0 Å². The standard InChI is InChI=1S/C22H24FN3O3/c1-3-19(20(27)24-18-6-4-5-15(2)13-18)26-12-11-25(21(28)22(26)29)14-16-7-9-17(23)10-8-16/h4-10,13,19H,3,11-12,14H2,1-2H3,(H,24,27)/t19-/m1/s1. The third-order valence-corrected chi connectivity index (χ3v) is 4.98. The monoisotopic (exact) mass is 397 g/mol. The lowest BCUT2D eigenvalue weighted by Gasteiger charge is -2.37. The molecule has 29 heavy (non-hydrogen) atoms. The molecule has 1 atom stereocenters. The summed E-state index contributed by atoms with van der Waals surface area (Å²) in [5, 5.41) is 2.83. The Hall–Kier alpha value is -3.22. The summed E-state index contributed by atoms with van der Waals surface area (Å²) >= 11 is 0. The Morgan fingerprint density at radius 3 is 2.48 bits per heavy atom. The predicted molar refractivity (Wildman–Crippen MR) is 107 cm³/mol. The molecular formula is C22H24FN3O3. The summed E-state index contributed by atoms with van der Waals surface area (Å²) in [6, 6.07) is 12.5. The van der Waals surface area contributed by atoms with E-state index in [9.17, 15) is 18.8 Å². The van der Waals surface area contributed by atoms with E-state index in [0.29, 0.717) is 18.7 Å². The van der Waals surface area contributed by atoms with Crippen molar-refractivity contribution >= 4 is 23.4 Å². The van der Waals surface area contributed by atoms with E-state index in [-0.39, 0.29) is 24.8 Å². The molecule has 0 radical (unpaired) electrons. The molecule has 1 N–H and O–H groups in total. The van der Waals surface area contributed by atoms with Crippen molar-refractivity contribution in [3.8, 4) is 0 Å². The first-order valence-electron chi connectivity index (χ1n) is 9.61. The SMILES string of the molecule is CC[C@H](C(=O)Nc1cccc(C)c1)N1CCN(Cc2ccc(F)cc2)C(=O)C1=O. The minimum Gasteiger partial charge on any atom is -0.328 e. The second-order valence-electron chi connectivity index (χ2n) is 7.13. The van der Waals surface area contributed by atoms with Gasteiger partial charge < -0.3 is 15.1 Å². The third kappa shape index (κ3) is 4.80. The number of halogens is 1. The van der Waals surface area contributed by atoms with Crippen LogP contribution in [-0.2, 0) is 20.9 Å². The lowest BCUT2D eigenvalue weighted by atomic mass is 10.1. The first kappa shape index (κ1) is 20.5. The summed E-state index contributed by atoms with van der Waals surface area (Å²) in [6.45, 7) is 4.55. The summed E-state index contributed by atoms with van der Waals surface area (Å²) in [5.74, 6) is -2.01. The van der Waals surface area contributed by atoms with Crippen LogP contribution in [0.2, 0.25) is 0 Å². The highest BCUT2D eigenvalue weighted by Gasteiger charge is 2.38. The molecule has 7 heteroatoms. The van der Waals surface area contributed by atoms with E-state index in [2.05, 4.69) is 5.32 Å². The number of nitrogens with zero attached hydrogens (tertiary/aromatic N) is 2. The van der Waals surface area contributed by atoms with Gasteiger partial charge in [0.1, 0.15) is 11.9 Å². The van der Waals surface area contributed by atoms with Crippen molar-refractivity contribution in [1.82, 2.24) is 9.80 Å². The number of piperazine rings is 1. The molecule has 2 aromatic rings. The Morgan fingerprint density at radius 1 is 1.10 bits per heavy atom. The predicted octanol–water partition coefficient (Wildman–Crippen LogP) is 2.72. The highest BCUT2D eigenvalue weighted by Crippen LogP contribution is 2.17. The molecule has 152 valence electrons. The number of rotatable bonds is 6.